The lowest BCUT2D eigenvalue weighted by atomic mass is 10.3. The van der Waals surface area contributed by atoms with Gasteiger partial charge in [-0.2, -0.15) is 0 Å². The van der Waals surface area contributed by atoms with E-state index in [1.54, 1.807) is 6.92 Å². The molecule has 0 bridgehead atoms. The molecule has 0 spiro atoms. The van der Waals surface area contributed by atoms with Crippen LogP contribution in [0.25, 0.3) is 0 Å². The van der Waals surface area contributed by atoms with Crippen LogP contribution in [-0.2, 0) is 4.79 Å². The monoisotopic (exact) mass is 115 g/mol. The Kier molecular flexibility index (Phi) is 4.13. The predicted molar refractivity (Wildman–Crippen MR) is 29.3 cm³/mol. The minimum absolute atomic E-state index is 0.368. The van der Waals surface area contributed by atoms with E-state index in [9.17, 15) is 4.79 Å². The average Bonchev–Trinajstić information content (AvgIpc) is 1.66. The highest BCUT2D eigenvalue weighted by molar-refractivity contribution is 5.32. The quantitative estimate of drug-likeness (QED) is 0.418. The van der Waals surface area contributed by atoms with Gasteiger partial charge in [0.25, 0.3) is 0 Å². The van der Waals surface area contributed by atoms with E-state index in [1.165, 1.54) is 6.08 Å². The Morgan fingerprint density at radius 3 is 2.88 bits per heavy atom. The van der Waals surface area contributed by atoms with Crippen molar-refractivity contribution in [1.82, 2.24) is 0 Å². The van der Waals surface area contributed by atoms with Gasteiger partial charge in [0.1, 0.15) is 0 Å². The van der Waals surface area contributed by atoms with Crippen LogP contribution in [-0.4, -0.2) is 23.8 Å². The van der Waals surface area contributed by atoms with E-state index in [1.807, 2.05) is 0 Å². The van der Waals surface area contributed by atoms with Crippen molar-refractivity contribution >= 4 is 6.08 Å². The van der Waals surface area contributed by atoms with E-state index >= 15 is 0 Å². The zero-order chi connectivity index (χ0) is 6.41. The summed E-state index contributed by atoms with van der Waals surface area (Å²) in [6.07, 6.45) is 1.56. The molecular weight excluding hydrogens is 106 g/mol. The van der Waals surface area contributed by atoms with Crippen LogP contribution >= 0.6 is 0 Å². The summed E-state index contributed by atoms with van der Waals surface area (Å²) in [6.45, 7) is 2.03. The lowest BCUT2D eigenvalue weighted by molar-refractivity contribution is 0.187. The summed E-state index contributed by atoms with van der Waals surface area (Å²) < 4.78 is 0. The number of hydrogen-bond acceptors (Lipinski definition) is 3. The second-order valence-corrected chi connectivity index (χ2v) is 1.61. The highest BCUT2D eigenvalue weighted by Crippen LogP contribution is 1.86. The van der Waals surface area contributed by atoms with Gasteiger partial charge in [-0.1, -0.05) is 0 Å². The minimum Gasteiger partial charge on any atom is -0.393 e. The molecule has 1 atom stereocenters. The molecule has 0 aliphatic carbocycles. The summed E-state index contributed by atoms with van der Waals surface area (Å²) in [5.74, 6) is 0. The second-order valence-electron chi connectivity index (χ2n) is 1.61. The SMILES string of the molecule is C[C@@H](O)CCN=C=O. The first-order valence-electron chi connectivity index (χ1n) is 2.49. The molecule has 0 saturated heterocycles. The molecule has 0 rings (SSSR count). The normalized spacial score (nSPS) is 12.2. The van der Waals surface area contributed by atoms with E-state index in [4.69, 9.17) is 5.11 Å². The van der Waals surface area contributed by atoms with E-state index in [0.29, 0.717) is 13.0 Å². The number of nitrogens with zero attached hydrogens (tertiary/aromatic N) is 1. The third-order valence-electron chi connectivity index (χ3n) is 0.723. The van der Waals surface area contributed by atoms with Gasteiger partial charge in [-0.15, -0.1) is 0 Å². The molecule has 3 nitrogen and oxygen atoms in total. The lowest BCUT2D eigenvalue weighted by Gasteiger charge is -1.95. The number of isocyanates is 1. The van der Waals surface area contributed by atoms with Gasteiger partial charge >= 0.3 is 0 Å². The Morgan fingerprint density at radius 1 is 1.88 bits per heavy atom. The molecule has 0 heterocycles. The minimum atomic E-state index is -0.368. The van der Waals surface area contributed by atoms with Gasteiger partial charge in [0.05, 0.1) is 12.6 Å². The summed E-state index contributed by atoms with van der Waals surface area (Å²) in [6, 6.07) is 0. The van der Waals surface area contributed by atoms with Gasteiger partial charge in [-0.05, 0) is 13.3 Å². The zero-order valence-electron chi connectivity index (χ0n) is 4.79. The third kappa shape index (κ3) is 5.34. The number of carbonyl (C=O) groups excluding carboxylic acids is 1. The molecule has 0 amide bonds. The van der Waals surface area contributed by atoms with Gasteiger partial charge < -0.3 is 5.11 Å². The zero-order valence-corrected chi connectivity index (χ0v) is 4.79. The number of aliphatic hydroxyl groups excluding tert-OH is 1. The average molecular weight is 115 g/mol. The van der Waals surface area contributed by atoms with Crippen LogP contribution in [0.4, 0.5) is 0 Å². The molecule has 3 heteroatoms. The van der Waals surface area contributed by atoms with E-state index in [0.717, 1.165) is 0 Å². The molecule has 0 aliphatic heterocycles. The first-order chi connectivity index (χ1) is 3.77. The second kappa shape index (κ2) is 4.50. The fourth-order valence-electron chi connectivity index (χ4n) is 0.297. The van der Waals surface area contributed by atoms with Crippen LogP contribution in [0.2, 0.25) is 0 Å². The molecule has 8 heavy (non-hydrogen) atoms. The highest BCUT2D eigenvalue weighted by atomic mass is 16.3. The molecule has 0 radical (unpaired) electrons. The lowest BCUT2D eigenvalue weighted by Crippen LogP contribution is -2.00. The standard InChI is InChI=1S/C5H9NO2/c1-5(8)2-3-6-4-7/h5,8H,2-3H2,1H3/t5-/m1/s1. The topological polar surface area (TPSA) is 49.7 Å². The molecule has 0 aromatic rings. The van der Waals surface area contributed by atoms with Gasteiger partial charge in [-0.3, -0.25) is 0 Å². The van der Waals surface area contributed by atoms with Crippen molar-refractivity contribution in [2.24, 2.45) is 4.99 Å². The van der Waals surface area contributed by atoms with Gasteiger partial charge in [0, 0.05) is 0 Å². The van der Waals surface area contributed by atoms with E-state index < -0.39 is 0 Å². The molecular formula is C5H9NO2. The maximum Gasteiger partial charge on any atom is 0.234 e. The first kappa shape index (κ1) is 7.34. The van der Waals surface area contributed by atoms with Crippen molar-refractivity contribution in [3.63, 3.8) is 0 Å². The fourth-order valence-corrected chi connectivity index (χ4v) is 0.297. The molecule has 0 aromatic heterocycles. The first-order valence-corrected chi connectivity index (χ1v) is 2.49. The Balaban J connectivity index is 3.05. The maximum atomic E-state index is 9.41. The number of aliphatic imine (C=N–C) groups is 1. The molecule has 0 aromatic carbocycles. The van der Waals surface area contributed by atoms with Crippen LogP contribution in [0.5, 0.6) is 0 Å². The van der Waals surface area contributed by atoms with Crippen molar-refractivity contribution in [1.29, 1.82) is 0 Å². The Labute approximate surface area is 48.1 Å². The summed E-state index contributed by atoms with van der Waals surface area (Å²) in [5, 5.41) is 8.59. The van der Waals surface area contributed by atoms with Crippen LogP contribution in [0.1, 0.15) is 13.3 Å². The largest absolute Gasteiger partial charge is 0.393 e. The van der Waals surface area contributed by atoms with Crippen molar-refractivity contribution in [3.05, 3.63) is 0 Å². The summed E-state index contributed by atoms with van der Waals surface area (Å²) >= 11 is 0. The Morgan fingerprint density at radius 2 is 2.50 bits per heavy atom. The molecule has 46 valence electrons. The van der Waals surface area contributed by atoms with Crippen molar-refractivity contribution < 1.29 is 9.90 Å². The van der Waals surface area contributed by atoms with Crippen LogP contribution in [0.3, 0.4) is 0 Å². The van der Waals surface area contributed by atoms with Gasteiger partial charge in [-0.25, -0.2) is 9.79 Å². The number of rotatable bonds is 3. The summed E-state index contributed by atoms with van der Waals surface area (Å²) in [4.78, 5) is 12.7. The van der Waals surface area contributed by atoms with Crippen LogP contribution in [0, 0.1) is 0 Å². The van der Waals surface area contributed by atoms with Crippen LogP contribution in [0.15, 0.2) is 4.99 Å². The van der Waals surface area contributed by atoms with Crippen molar-refractivity contribution in [2.75, 3.05) is 6.54 Å². The molecule has 0 unspecified atom stereocenters. The van der Waals surface area contributed by atoms with E-state index in [-0.39, 0.29) is 6.10 Å². The van der Waals surface area contributed by atoms with Gasteiger partial charge in [0.15, 0.2) is 0 Å². The number of hydrogen-bond donors (Lipinski definition) is 1. The molecule has 0 fully saturated rings. The molecule has 0 aliphatic rings. The van der Waals surface area contributed by atoms with Gasteiger partial charge in [0.2, 0.25) is 6.08 Å². The summed E-state index contributed by atoms with van der Waals surface area (Å²) in [7, 11) is 0. The molecule has 0 saturated carbocycles. The van der Waals surface area contributed by atoms with Crippen molar-refractivity contribution in [2.45, 2.75) is 19.4 Å². The molecule has 1 N–H and O–H groups in total. The smallest absolute Gasteiger partial charge is 0.234 e. The maximum absolute atomic E-state index is 9.41. The predicted octanol–water partition coefficient (Wildman–Crippen LogP) is 0.0931. The fraction of sp³-hybridized carbons (Fsp3) is 0.800. The van der Waals surface area contributed by atoms with Crippen molar-refractivity contribution in [3.8, 4) is 0 Å². The Bertz CT molecular complexity index is 94.6. The van der Waals surface area contributed by atoms with E-state index in [2.05, 4.69) is 4.99 Å². The highest BCUT2D eigenvalue weighted by Gasteiger charge is 1.90. The summed E-state index contributed by atoms with van der Waals surface area (Å²) in [5.41, 5.74) is 0. The number of aliphatic hydroxyl groups is 1. The van der Waals surface area contributed by atoms with Crippen LogP contribution < -0.4 is 0 Å². The third-order valence-corrected chi connectivity index (χ3v) is 0.723. The Hall–Kier alpha value is -0.660.